The maximum absolute atomic E-state index is 12.5. The van der Waals surface area contributed by atoms with E-state index < -0.39 is 0 Å². The largest absolute Gasteiger partial charge is 0.368 e. The van der Waals surface area contributed by atoms with Gasteiger partial charge in [-0.25, -0.2) is 0 Å². The van der Waals surface area contributed by atoms with Gasteiger partial charge in [0.25, 0.3) is 0 Å². The molecule has 0 spiro atoms. The van der Waals surface area contributed by atoms with Gasteiger partial charge in [0.2, 0.25) is 5.91 Å². The van der Waals surface area contributed by atoms with Crippen LogP contribution in [-0.4, -0.2) is 52.5 Å². The van der Waals surface area contributed by atoms with Crippen molar-refractivity contribution in [2.75, 3.05) is 31.1 Å². The van der Waals surface area contributed by atoms with E-state index in [1.54, 1.807) is 11.6 Å². The third kappa shape index (κ3) is 4.12. The molecular weight excluding hydrogens is 328 g/mol. The first-order chi connectivity index (χ1) is 12.4. The minimum Gasteiger partial charge on any atom is -0.368 e. The lowest BCUT2D eigenvalue weighted by Crippen LogP contribution is -2.48. The summed E-state index contributed by atoms with van der Waals surface area (Å²) in [6.45, 7) is 6.66. The predicted molar refractivity (Wildman–Crippen MR) is 102 cm³/mol. The zero-order chi connectivity index (χ0) is 18.7. The molecule has 0 aliphatic carbocycles. The summed E-state index contributed by atoms with van der Waals surface area (Å²) in [7, 11) is 1.90. The number of ketones is 1. The molecule has 0 bridgehead atoms. The average Bonchev–Trinajstić information content (AvgIpc) is 2.97. The van der Waals surface area contributed by atoms with E-state index in [1.807, 2.05) is 49.3 Å². The summed E-state index contributed by atoms with van der Waals surface area (Å²) >= 11 is 0. The predicted octanol–water partition coefficient (Wildman–Crippen LogP) is 2.21. The third-order valence-electron chi connectivity index (χ3n) is 4.99. The van der Waals surface area contributed by atoms with Crippen molar-refractivity contribution in [1.29, 1.82) is 0 Å². The van der Waals surface area contributed by atoms with E-state index >= 15 is 0 Å². The van der Waals surface area contributed by atoms with Gasteiger partial charge in [0, 0.05) is 57.1 Å². The molecule has 1 fully saturated rings. The van der Waals surface area contributed by atoms with Crippen molar-refractivity contribution < 1.29 is 9.59 Å². The van der Waals surface area contributed by atoms with Crippen LogP contribution in [-0.2, 0) is 18.3 Å². The molecule has 138 valence electrons. The van der Waals surface area contributed by atoms with Gasteiger partial charge in [-0.1, -0.05) is 0 Å². The number of carbonyl (C=O) groups is 2. The van der Waals surface area contributed by atoms with Gasteiger partial charge in [0.1, 0.15) is 0 Å². The number of aromatic nitrogens is 2. The van der Waals surface area contributed by atoms with Gasteiger partial charge in [-0.05, 0) is 50.1 Å². The van der Waals surface area contributed by atoms with Gasteiger partial charge >= 0.3 is 0 Å². The molecule has 0 unspecified atom stereocenters. The van der Waals surface area contributed by atoms with Gasteiger partial charge in [-0.3, -0.25) is 14.3 Å². The van der Waals surface area contributed by atoms with Crippen molar-refractivity contribution in [3.05, 3.63) is 47.3 Å². The zero-order valence-electron chi connectivity index (χ0n) is 15.7. The van der Waals surface area contributed by atoms with E-state index in [0.29, 0.717) is 6.42 Å². The number of carbonyl (C=O) groups excluding carboxylic acids is 2. The Balaban J connectivity index is 1.50. The maximum Gasteiger partial charge on any atom is 0.223 e. The van der Waals surface area contributed by atoms with Crippen LogP contribution in [0.15, 0.2) is 30.5 Å². The normalized spacial score (nSPS) is 14.6. The number of anilines is 1. The quantitative estimate of drug-likeness (QED) is 0.773. The fraction of sp³-hybridized carbons (Fsp3) is 0.450. The second kappa shape index (κ2) is 7.72. The molecule has 26 heavy (non-hydrogen) atoms. The summed E-state index contributed by atoms with van der Waals surface area (Å²) < 4.78 is 1.80. The zero-order valence-corrected chi connectivity index (χ0v) is 15.7. The van der Waals surface area contributed by atoms with E-state index in [9.17, 15) is 9.59 Å². The summed E-state index contributed by atoms with van der Waals surface area (Å²) in [5, 5.41) is 4.33. The minimum absolute atomic E-state index is 0.0795. The lowest BCUT2D eigenvalue weighted by atomic mass is 10.1. The second-order valence-corrected chi connectivity index (χ2v) is 6.88. The van der Waals surface area contributed by atoms with Crippen LogP contribution < -0.4 is 4.90 Å². The molecule has 6 nitrogen and oxygen atoms in total. The van der Waals surface area contributed by atoms with Gasteiger partial charge < -0.3 is 9.80 Å². The number of benzene rings is 1. The Morgan fingerprint density at radius 2 is 1.73 bits per heavy atom. The molecule has 2 aromatic rings. The monoisotopic (exact) mass is 354 g/mol. The maximum atomic E-state index is 12.5. The number of rotatable bonds is 5. The number of hydrogen-bond donors (Lipinski definition) is 0. The first-order valence-corrected chi connectivity index (χ1v) is 9.07. The molecule has 0 atom stereocenters. The molecule has 0 N–H and O–H groups in total. The molecule has 1 saturated heterocycles. The highest BCUT2D eigenvalue weighted by atomic mass is 16.2. The number of Topliss-reactive ketones (excluding diaryl/α,β-unsaturated/α-hetero) is 1. The second-order valence-electron chi connectivity index (χ2n) is 6.88. The van der Waals surface area contributed by atoms with Crippen molar-refractivity contribution in [3.63, 3.8) is 0 Å². The first kappa shape index (κ1) is 18.2. The number of piperazine rings is 1. The van der Waals surface area contributed by atoms with Crippen molar-refractivity contribution in [2.45, 2.75) is 26.7 Å². The topological polar surface area (TPSA) is 58.4 Å². The molecule has 6 heteroatoms. The van der Waals surface area contributed by atoms with Crippen molar-refractivity contribution >= 4 is 17.4 Å². The molecule has 1 aromatic carbocycles. The molecule has 1 aromatic heterocycles. The summed E-state index contributed by atoms with van der Waals surface area (Å²) in [6.07, 6.45) is 3.26. The Morgan fingerprint density at radius 1 is 1.08 bits per heavy atom. The van der Waals surface area contributed by atoms with Crippen molar-refractivity contribution in [1.82, 2.24) is 14.7 Å². The van der Waals surface area contributed by atoms with Crippen LogP contribution in [0.5, 0.6) is 0 Å². The Hall–Kier alpha value is -2.63. The molecule has 2 heterocycles. The lowest BCUT2D eigenvalue weighted by Gasteiger charge is -2.36. The molecule has 1 aliphatic rings. The molecule has 0 radical (unpaired) electrons. The number of nitrogens with zero attached hydrogens (tertiary/aromatic N) is 4. The average molecular weight is 354 g/mol. The number of hydrogen-bond acceptors (Lipinski definition) is 4. The standard InChI is InChI=1S/C20H26N4O2/c1-15-18(14-22(3)21-15)6-9-20(26)24-12-10-23(11-13-24)19-7-4-17(5-8-19)16(2)25/h4-5,7-8,14H,6,9-13H2,1-3H3. The molecule has 3 rings (SSSR count). The van der Waals surface area contributed by atoms with E-state index in [4.69, 9.17) is 0 Å². The fourth-order valence-corrected chi connectivity index (χ4v) is 3.41. The fourth-order valence-electron chi connectivity index (χ4n) is 3.41. The molecular formula is C20H26N4O2. The van der Waals surface area contributed by atoms with Crippen LogP contribution in [0.4, 0.5) is 5.69 Å². The highest BCUT2D eigenvalue weighted by Gasteiger charge is 2.21. The Kier molecular flexibility index (Phi) is 5.40. The van der Waals surface area contributed by atoms with Crippen LogP contribution in [0, 0.1) is 6.92 Å². The van der Waals surface area contributed by atoms with Crippen LogP contribution in [0.25, 0.3) is 0 Å². The summed E-state index contributed by atoms with van der Waals surface area (Å²) in [5.74, 6) is 0.288. The smallest absolute Gasteiger partial charge is 0.223 e. The lowest BCUT2D eigenvalue weighted by molar-refractivity contribution is -0.131. The Bertz CT molecular complexity index is 787. The van der Waals surface area contributed by atoms with Gasteiger partial charge in [-0.15, -0.1) is 0 Å². The van der Waals surface area contributed by atoms with Gasteiger partial charge in [-0.2, -0.15) is 5.10 Å². The highest BCUT2D eigenvalue weighted by Crippen LogP contribution is 2.18. The van der Waals surface area contributed by atoms with Gasteiger partial charge in [0.15, 0.2) is 5.78 Å². The van der Waals surface area contributed by atoms with E-state index in [-0.39, 0.29) is 11.7 Å². The van der Waals surface area contributed by atoms with Crippen LogP contribution in [0.3, 0.4) is 0 Å². The summed E-state index contributed by atoms with van der Waals surface area (Å²) in [5.41, 5.74) is 3.98. The van der Waals surface area contributed by atoms with E-state index in [2.05, 4.69) is 10.00 Å². The first-order valence-electron chi connectivity index (χ1n) is 9.07. The minimum atomic E-state index is 0.0795. The van der Waals surface area contributed by atoms with E-state index in [1.165, 1.54) is 0 Å². The highest BCUT2D eigenvalue weighted by molar-refractivity contribution is 5.94. The summed E-state index contributed by atoms with van der Waals surface area (Å²) in [4.78, 5) is 28.1. The molecule has 1 amide bonds. The van der Waals surface area contributed by atoms with Crippen LogP contribution >= 0.6 is 0 Å². The van der Waals surface area contributed by atoms with Crippen molar-refractivity contribution in [3.8, 4) is 0 Å². The number of aryl methyl sites for hydroxylation is 3. The van der Waals surface area contributed by atoms with Crippen molar-refractivity contribution in [2.24, 2.45) is 7.05 Å². The van der Waals surface area contributed by atoms with Gasteiger partial charge in [0.05, 0.1) is 5.69 Å². The summed E-state index contributed by atoms with van der Waals surface area (Å²) in [6, 6.07) is 7.70. The third-order valence-corrected chi connectivity index (χ3v) is 4.99. The Morgan fingerprint density at radius 3 is 2.27 bits per heavy atom. The number of amides is 1. The van der Waals surface area contributed by atoms with Crippen LogP contribution in [0.2, 0.25) is 0 Å². The van der Waals surface area contributed by atoms with E-state index in [0.717, 1.165) is 55.1 Å². The Labute approximate surface area is 154 Å². The molecule has 1 aliphatic heterocycles. The SMILES string of the molecule is CC(=O)c1ccc(N2CCN(C(=O)CCc3cn(C)nc3C)CC2)cc1. The van der Waals surface area contributed by atoms with Crippen LogP contribution in [0.1, 0.15) is 35.0 Å². The molecule has 0 saturated carbocycles.